The van der Waals surface area contributed by atoms with Crippen LogP contribution in [0.15, 0.2) is 29.2 Å². The highest BCUT2D eigenvalue weighted by Crippen LogP contribution is 2.24. The number of rotatable bonds is 5. The summed E-state index contributed by atoms with van der Waals surface area (Å²) in [5.74, 6) is -0.225. The molecule has 1 aliphatic heterocycles. The number of hydrogen-bond acceptors (Lipinski definition) is 5. The van der Waals surface area contributed by atoms with Crippen LogP contribution in [-0.4, -0.2) is 46.3 Å². The number of carbonyl (C=O) groups excluding carboxylic acids is 1. The van der Waals surface area contributed by atoms with Crippen LogP contribution >= 0.6 is 0 Å². The van der Waals surface area contributed by atoms with E-state index in [4.69, 9.17) is 4.74 Å². The van der Waals surface area contributed by atoms with Crippen LogP contribution in [0.4, 0.5) is 0 Å². The molecule has 1 saturated heterocycles. The molecule has 1 fully saturated rings. The summed E-state index contributed by atoms with van der Waals surface area (Å²) in [5, 5.41) is 2.21. The van der Waals surface area contributed by atoms with Crippen molar-refractivity contribution < 1.29 is 17.9 Å². The maximum atomic E-state index is 12.3. The summed E-state index contributed by atoms with van der Waals surface area (Å²) in [6.07, 6.45) is 0. The maximum Gasteiger partial charge on any atom is 0.186 e. The lowest BCUT2D eigenvalue weighted by atomic mass is 10.1. The van der Waals surface area contributed by atoms with Crippen LogP contribution < -0.4 is 5.32 Å². The number of ether oxygens (including phenoxy) is 1. The molecule has 1 N–H and O–H groups in total. The molecule has 0 aliphatic carbocycles. The Kier molecular flexibility index (Phi) is 3.79. The number of likely N-dealkylation sites (N-methyl/N-ethyl adjacent to an activating group) is 1. The molecule has 98 valence electrons. The Morgan fingerprint density at radius 3 is 2.61 bits per heavy atom. The van der Waals surface area contributed by atoms with Gasteiger partial charge in [-0.25, -0.2) is 8.42 Å². The molecule has 1 heterocycles. The van der Waals surface area contributed by atoms with Crippen molar-refractivity contribution in [1.82, 2.24) is 5.32 Å². The molecule has 5 nitrogen and oxygen atoms in total. The van der Waals surface area contributed by atoms with Gasteiger partial charge in [0.1, 0.15) is 5.25 Å². The maximum absolute atomic E-state index is 12.3. The second-order valence-electron chi connectivity index (χ2n) is 4.15. The first-order valence-electron chi connectivity index (χ1n) is 5.66. The first-order chi connectivity index (χ1) is 8.57. The highest BCUT2D eigenvalue weighted by Gasteiger charge is 2.35. The van der Waals surface area contributed by atoms with Gasteiger partial charge >= 0.3 is 0 Å². The first kappa shape index (κ1) is 13.2. The van der Waals surface area contributed by atoms with Crippen molar-refractivity contribution in [2.24, 2.45) is 0 Å². The van der Waals surface area contributed by atoms with Crippen LogP contribution in [0.1, 0.15) is 10.4 Å². The molecule has 18 heavy (non-hydrogen) atoms. The Labute approximate surface area is 106 Å². The third-order valence-electron chi connectivity index (χ3n) is 2.88. The Balaban J connectivity index is 2.41. The highest BCUT2D eigenvalue weighted by molar-refractivity contribution is 7.92. The van der Waals surface area contributed by atoms with E-state index in [0.29, 0.717) is 0 Å². The highest BCUT2D eigenvalue weighted by atomic mass is 32.2. The minimum absolute atomic E-state index is 0.110. The molecule has 0 aromatic heterocycles. The van der Waals surface area contributed by atoms with E-state index in [-0.39, 0.29) is 36.0 Å². The quantitative estimate of drug-likeness (QED) is 0.776. The molecule has 0 unspecified atom stereocenters. The van der Waals surface area contributed by atoms with Crippen molar-refractivity contribution in [2.45, 2.75) is 10.1 Å². The van der Waals surface area contributed by atoms with Crippen LogP contribution in [0.3, 0.4) is 0 Å². The van der Waals surface area contributed by atoms with Gasteiger partial charge in [-0.15, -0.1) is 0 Å². The number of ketones is 1. The van der Waals surface area contributed by atoms with Crippen molar-refractivity contribution in [3.8, 4) is 0 Å². The average molecular weight is 269 g/mol. The number of sulfone groups is 1. The average Bonchev–Trinajstić information content (AvgIpc) is 2.26. The Morgan fingerprint density at radius 2 is 2.06 bits per heavy atom. The number of hydrogen-bond donors (Lipinski definition) is 1. The normalized spacial score (nSPS) is 16.3. The molecule has 6 heteroatoms. The van der Waals surface area contributed by atoms with Crippen molar-refractivity contribution >= 4 is 15.6 Å². The predicted molar refractivity (Wildman–Crippen MR) is 66.5 cm³/mol. The summed E-state index contributed by atoms with van der Waals surface area (Å²) in [7, 11) is -1.82. The second-order valence-corrected chi connectivity index (χ2v) is 6.35. The third kappa shape index (κ3) is 2.31. The molecule has 0 saturated carbocycles. The molecule has 0 spiro atoms. The van der Waals surface area contributed by atoms with Crippen LogP contribution in [0.5, 0.6) is 0 Å². The van der Waals surface area contributed by atoms with Gasteiger partial charge in [0.15, 0.2) is 15.6 Å². The fourth-order valence-corrected chi connectivity index (χ4v) is 3.44. The molecule has 0 atom stereocenters. The zero-order valence-electron chi connectivity index (χ0n) is 10.0. The van der Waals surface area contributed by atoms with E-state index in [1.807, 2.05) is 0 Å². The summed E-state index contributed by atoms with van der Waals surface area (Å²) in [5.41, 5.74) is 0.249. The van der Waals surface area contributed by atoms with Gasteiger partial charge in [0.05, 0.1) is 24.7 Å². The van der Waals surface area contributed by atoms with E-state index >= 15 is 0 Å². The van der Waals surface area contributed by atoms with Crippen molar-refractivity contribution in [3.05, 3.63) is 29.8 Å². The monoisotopic (exact) mass is 269 g/mol. The Bertz CT molecular complexity index is 549. The molecule has 0 amide bonds. The van der Waals surface area contributed by atoms with Gasteiger partial charge < -0.3 is 10.1 Å². The smallest absolute Gasteiger partial charge is 0.186 e. The lowest BCUT2D eigenvalue weighted by Crippen LogP contribution is -2.41. The molecule has 2 rings (SSSR count). The number of Topliss-reactive ketones (excluding diaryl/α,β-unsaturated/α-hetero) is 1. The van der Waals surface area contributed by atoms with Gasteiger partial charge in [-0.1, -0.05) is 18.2 Å². The number of carbonyl (C=O) groups is 1. The van der Waals surface area contributed by atoms with Crippen molar-refractivity contribution in [1.29, 1.82) is 0 Å². The van der Waals surface area contributed by atoms with Gasteiger partial charge in [0, 0.05) is 5.56 Å². The Hall–Kier alpha value is -1.24. The van der Waals surface area contributed by atoms with Crippen LogP contribution in [0.2, 0.25) is 0 Å². The van der Waals surface area contributed by atoms with Crippen molar-refractivity contribution in [3.63, 3.8) is 0 Å². The zero-order valence-corrected chi connectivity index (χ0v) is 10.9. The molecular weight excluding hydrogens is 254 g/mol. The zero-order chi connectivity index (χ0) is 13.2. The molecule has 1 aliphatic rings. The molecule has 0 bridgehead atoms. The minimum atomic E-state index is -3.47. The first-order valence-corrected chi connectivity index (χ1v) is 7.20. The molecule has 1 aromatic rings. The van der Waals surface area contributed by atoms with Crippen LogP contribution in [-0.2, 0) is 14.6 Å². The fourth-order valence-electron chi connectivity index (χ4n) is 1.77. The van der Waals surface area contributed by atoms with E-state index in [2.05, 4.69) is 5.32 Å². The van der Waals surface area contributed by atoms with Crippen molar-refractivity contribution in [2.75, 3.05) is 26.8 Å². The van der Waals surface area contributed by atoms with Gasteiger partial charge in [0.2, 0.25) is 0 Å². The van der Waals surface area contributed by atoms with Gasteiger partial charge in [0.25, 0.3) is 0 Å². The van der Waals surface area contributed by atoms with Gasteiger partial charge in [-0.2, -0.15) is 0 Å². The standard InChI is InChI=1S/C12H15NO4S/c1-13-6-11(14)10-4-2-3-5-12(10)18(15,16)9-7-17-8-9/h2-5,9,13H,6-8H2,1H3. The molecule has 0 radical (unpaired) electrons. The minimum Gasteiger partial charge on any atom is -0.379 e. The SMILES string of the molecule is CNCC(=O)c1ccccc1S(=O)(=O)C1COC1. The van der Waals surface area contributed by atoms with E-state index in [1.54, 1.807) is 25.2 Å². The van der Waals surface area contributed by atoms with E-state index in [1.165, 1.54) is 6.07 Å². The van der Waals surface area contributed by atoms with Gasteiger partial charge in [-0.05, 0) is 13.1 Å². The van der Waals surface area contributed by atoms with E-state index in [0.717, 1.165) is 0 Å². The summed E-state index contributed by atoms with van der Waals surface area (Å²) in [6.45, 7) is 0.529. The van der Waals surface area contributed by atoms with Crippen LogP contribution in [0.25, 0.3) is 0 Å². The number of benzene rings is 1. The predicted octanol–water partition coefficient (Wildman–Crippen LogP) is 0.261. The topological polar surface area (TPSA) is 72.5 Å². The largest absolute Gasteiger partial charge is 0.379 e. The third-order valence-corrected chi connectivity index (χ3v) is 5.00. The Morgan fingerprint density at radius 1 is 1.39 bits per heavy atom. The lowest BCUT2D eigenvalue weighted by molar-refractivity contribution is 0.0415. The van der Waals surface area contributed by atoms with Gasteiger partial charge in [-0.3, -0.25) is 4.79 Å². The summed E-state index contributed by atoms with van der Waals surface area (Å²) < 4.78 is 29.5. The van der Waals surface area contributed by atoms with Crippen LogP contribution in [0, 0.1) is 0 Å². The summed E-state index contributed by atoms with van der Waals surface area (Å²) >= 11 is 0. The van der Waals surface area contributed by atoms with E-state index < -0.39 is 15.1 Å². The molecular formula is C12H15NO4S. The molecule has 1 aromatic carbocycles. The summed E-state index contributed by atoms with van der Waals surface area (Å²) in [4.78, 5) is 12.0. The number of nitrogens with one attached hydrogen (secondary N) is 1. The van der Waals surface area contributed by atoms with E-state index in [9.17, 15) is 13.2 Å². The second kappa shape index (κ2) is 5.17. The fraction of sp³-hybridized carbons (Fsp3) is 0.417. The summed E-state index contributed by atoms with van der Waals surface area (Å²) in [6, 6.07) is 6.32. The lowest BCUT2D eigenvalue weighted by Gasteiger charge is -2.26.